The smallest absolute Gasteiger partial charge is 0.310 e. The van der Waals surface area contributed by atoms with Crippen LogP contribution in [0, 0.1) is 12.8 Å². The third kappa shape index (κ3) is 3.47. The van der Waals surface area contributed by atoms with Gasteiger partial charge in [0.15, 0.2) is 0 Å². The van der Waals surface area contributed by atoms with Crippen molar-refractivity contribution in [2.45, 2.75) is 13.8 Å². The first-order valence-corrected chi connectivity index (χ1v) is 6.06. The van der Waals surface area contributed by atoms with Crippen molar-refractivity contribution in [1.29, 1.82) is 0 Å². The highest BCUT2D eigenvalue weighted by Gasteiger charge is 2.20. The normalized spacial score (nSPS) is 11.8. The molecule has 1 rings (SSSR count). The van der Waals surface area contributed by atoms with Gasteiger partial charge < -0.3 is 15.4 Å². The molecule has 1 amide bonds. The van der Waals surface area contributed by atoms with Gasteiger partial charge in [-0.1, -0.05) is 13.0 Å². The Balaban J connectivity index is 2.83. The summed E-state index contributed by atoms with van der Waals surface area (Å²) in [5.74, 6) is -0.843. The first-order valence-electron chi connectivity index (χ1n) is 6.06. The third-order valence-corrected chi connectivity index (χ3v) is 3.10. The lowest BCUT2D eigenvalue weighted by atomic mass is 10.1. The molecule has 1 aromatic carbocycles. The molecule has 5 heteroatoms. The maximum absolute atomic E-state index is 12.3. The Bertz CT molecular complexity index is 486. The largest absolute Gasteiger partial charge is 0.469 e. The average Bonchev–Trinajstić information content (AvgIpc) is 2.39. The van der Waals surface area contributed by atoms with Crippen LogP contribution in [-0.4, -0.2) is 37.5 Å². The van der Waals surface area contributed by atoms with Crippen molar-refractivity contribution < 1.29 is 14.3 Å². The van der Waals surface area contributed by atoms with E-state index in [1.165, 1.54) is 12.0 Å². The molecule has 0 fully saturated rings. The first kappa shape index (κ1) is 15.0. The number of nitrogens with two attached hydrogens (primary N) is 1. The number of hydrogen-bond acceptors (Lipinski definition) is 4. The number of nitrogens with zero attached hydrogens (tertiary/aromatic N) is 1. The summed E-state index contributed by atoms with van der Waals surface area (Å²) in [5, 5.41) is 0. The van der Waals surface area contributed by atoms with Crippen molar-refractivity contribution in [3.8, 4) is 0 Å². The van der Waals surface area contributed by atoms with Crippen molar-refractivity contribution in [1.82, 2.24) is 4.90 Å². The maximum atomic E-state index is 12.3. The zero-order valence-corrected chi connectivity index (χ0v) is 11.8. The molecule has 0 aliphatic rings. The van der Waals surface area contributed by atoms with Gasteiger partial charge in [-0.15, -0.1) is 0 Å². The van der Waals surface area contributed by atoms with E-state index in [0.717, 1.165) is 5.56 Å². The molecule has 5 nitrogen and oxygen atoms in total. The second-order valence-corrected chi connectivity index (χ2v) is 4.63. The van der Waals surface area contributed by atoms with Crippen LogP contribution in [0.4, 0.5) is 5.69 Å². The summed E-state index contributed by atoms with van der Waals surface area (Å²) in [5.41, 5.74) is 7.68. The van der Waals surface area contributed by atoms with E-state index in [4.69, 9.17) is 5.73 Å². The quantitative estimate of drug-likeness (QED) is 0.660. The van der Waals surface area contributed by atoms with Gasteiger partial charge in [-0.3, -0.25) is 9.59 Å². The van der Waals surface area contributed by atoms with E-state index in [1.54, 1.807) is 39.1 Å². The van der Waals surface area contributed by atoms with E-state index < -0.39 is 0 Å². The number of hydrogen-bond donors (Lipinski definition) is 1. The Morgan fingerprint density at radius 1 is 1.42 bits per heavy atom. The molecule has 1 aromatic rings. The Hall–Kier alpha value is -2.04. The lowest BCUT2D eigenvalue weighted by Gasteiger charge is -2.21. The van der Waals surface area contributed by atoms with E-state index >= 15 is 0 Å². The molecule has 0 heterocycles. The van der Waals surface area contributed by atoms with Crippen molar-refractivity contribution in [3.63, 3.8) is 0 Å². The second-order valence-electron chi connectivity index (χ2n) is 4.63. The number of methoxy groups -OCH3 is 1. The molecule has 104 valence electrons. The van der Waals surface area contributed by atoms with E-state index in [0.29, 0.717) is 17.8 Å². The fourth-order valence-corrected chi connectivity index (χ4v) is 1.86. The zero-order chi connectivity index (χ0) is 14.6. The first-order chi connectivity index (χ1) is 8.88. The molecule has 0 aromatic heterocycles. The van der Waals surface area contributed by atoms with Crippen molar-refractivity contribution in [2.24, 2.45) is 5.92 Å². The van der Waals surface area contributed by atoms with Crippen LogP contribution in [0.2, 0.25) is 0 Å². The number of amides is 1. The minimum absolute atomic E-state index is 0.152. The molecular formula is C14H20N2O3. The molecule has 0 bridgehead atoms. The lowest BCUT2D eigenvalue weighted by Crippen LogP contribution is -2.34. The lowest BCUT2D eigenvalue weighted by molar-refractivity contribution is -0.145. The van der Waals surface area contributed by atoms with Gasteiger partial charge >= 0.3 is 5.97 Å². The Morgan fingerprint density at radius 3 is 2.63 bits per heavy atom. The molecule has 0 spiro atoms. The van der Waals surface area contributed by atoms with Gasteiger partial charge in [-0.25, -0.2) is 0 Å². The predicted molar refractivity (Wildman–Crippen MR) is 73.7 cm³/mol. The van der Waals surface area contributed by atoms with E-state index in [-0.39, 0.29) is 17.8 Å². The van der Waals surface area contributed by atoms with Crippen LogP contribution in [-0.2, 0) is 9.53 Å². The fourth-order valence-electron chi connectivity index (χ4n) is 1.86. The van der Waals surface area contributed by atoms with Gasteiger partial charge in [0.05, 0.1) is 13.0 Å². The summed E-state index contributed by atoms with van der Waals surface area (Å²) in [6.07, 6.45) is 0. The van der Waals surface area contributed by atoms with E-state index in [2.05, 4.69) is 4.74 Å². The minimum Gasteiger partial charge on any atom is -0.469 e. The van der Waals surface area contributed by atoms with E-state index in [9.17, 15) is 9.59 Å². The van der Waals surface area contributed by atoms with Crippen molar-refractivity contribution >= 4 is 17.6 Å². The maximum Gasteiger partial charge on any atom is 0.310 e. The van der Waals surface area contributed by atoms with Crippen LogP contribution in [0.5, 0.6) is 0 Å². The summed E-state index contributed by atoms with van der Waals surface area (Å²) in [4.78, 5) is 25.1. The Morgan fingerprint density at radius 2 is 2.05 bits per heavy atom. The molecule has 2 N–H and O–H groups in total. The van der Waals surface area contributed by atoms with Gasteiger partial charge in [0.2, 0.25) is 0 Å². The number of carbonyl (C=O) groups excluding carboxylic acids is 2. The van der Waals surface area contributed by atoms with Crippen LogP contribution in [0.1, 0.15) is 22.8 Å². The van der Waals surface area contributed by atoms with E-state index in [1.807, 2.05) is 0 Å². The Kier molecular flexibility index (Phi) is 4.92. The highest BCUT2D eigenvalue weighted by atomic mass is 16.5. The Labute approximate surface area is 113 Å². The summed E-state index contributed by atoms with van der Waals surface area (Å²) in [7, 11) is 2.99. The zero-order valence-electron chi connectivity index (χ0n) is 11.8. The van der Waals surface area contributed by atoms with Gasteiger partial charge in [0.1, 0.15) is 0 Å². The molecule has 0 aliphatic carbocycles. The SMILES string of the molecule is COC(=O)C(C)CN(C)C(=O)c1cccc(N)c1C. The molecule has 0 aliphatic heterocycles. The minimum atomic E-state index is -0.361. The summed E-state index contributed by atoms with van der Waals surface area (Å²) < 4.78 is 4.64. The van der Waals surface area contributed by atoms with Crippen LogP contribution in [0.3, 0.4) is 0 Å². The number of anilines is 1. The topological polar surface area (TPSA) is 72.6 Å². The summed E-state index contributed by atoms with van der Waals surface area (Å²) in [6, 6.07) is 5.23. The van der Waals surface area contributed by atoms with Crippen molar-refractivity contribution in [2.75, 3.05) is 26.4 Å². The van der Waals surface area contributed by atoms with Gasteiger partial charge in [-0.2, -0.15) is 0 Å². The van der Waals surface area contributed by atoms with Crippen LogP contribution >= 0.6 is 0 Å². The molecule has 0 saturated carbocycles. The number of benzene rings is 1. The van der Waals surface area contributed by atoms with Crippen LogP contribution in [0.15, 0.2) is 18.2 Å². The van der Waals surface area contributed by atoms with Crippen LogP contribution in [0.25, 0.3) is 0 Å². The van der Waals surface area contributed by atoms with Gasteiger partial charge in [0.25, 0.3) is 5.91 Å². The summed E-state index contributed by atoms with van der Waals surface area (Å²) in [6.45, 7) is 3.84. The van der Waals surface area contributed by atoms with Crippen molar-refractivity contribution in [3.05, 3.63) is 29.3 Å². The fraction of sp³-hybridized carbons (Fsp3) is 0.429. The second kappa shape index (κ2) is 6.22. The molecule has 1 unspecified atom stereocenters. The highest BCUT2D eigenvalue weighted by Crippen LogP contribution is 2.17. The van der Waals surface area contributed by atoms with Crippen LogP contribution < -0.4 is 5.73 Å². The molecule has 1 atom stereocenters. The average molecular weight is 264 g/mol. The molecule has 0 saturated heterocycles. The number of rotatable bonds is 4. The predicted octanol–water partition coefficient (Wildman–Crippen LogP) is 1.46. The molecular weight excluding hydrogens is 244 g/mol. The third-order valence-electron chi connectivity index (χ3n) is 3.10. The summed E-state index contributed by atoms with van der Waals surface area (Å²) >= 11 is 0. The van der Waals surface area contributed by atoms with Gasteiger partial charge in [0, 0.05) is 24.8 Å². The number of ether oxygens (including phenoxy) is 1. The van der Waals surface area contributed by atoms with Gasteiger partial charge in [-0.05, 0) is 24.6 Å². The highest BCUT2D eigenvalue weighted by molar-refractivity contribution is 5.96. The molecule has 0 radical (unpaired) electrons. The molecule has 19 heavy (non-hydrogen) atoms. The standard InChI is InChI=1S/C14H20N2O3/c1-9(14(18)19-4)8-16(3)13(17)11-6-5-7-12(15)10(11)2/h5-7,9H,8,15H2,1-4H3. The monoisotopic (exact) mass is 264 g/mol. The number of nitrogen functional groups attached to an aromatic ring is 1. The number of esters is 1. The number of carbonyl (C=O) groups is 2.